The molecule has 2 nitrogen and oxygen atoms in total. The summed E-state index contributed by atoms with van der Waals surface area (Å²) in [7, 11) is 0. The van der Waals surface area contributed by atoms with Crippen LogP contribution in [-0.4, -0.2) is 23.0 Å². The fraction of sp³-hybridized carbons (Fsp3) is 0.714. The van der Waals surface area contributed by atoms with Gasteiger partial charge in [0.1, 0.15) is 0 Å². The monoisotopic (exact) mass is 250 g/mol. The van der Waals surface area contributed by atoms with E-state index in [1.54, 1.807) is 0 Å². The lowest BCUT2D eigenvalue weighted by atomic mass is 9.94. The van der Waals surface area contributed by atoms with Gasteiger partial charge in [-0.15, -0.1) is 11.3 Å². The zero-order chi connectivity index (χ0) is 11.7. The van der Waals surface area contributed by atoms with E-state index in [2.05, 4.69) is 22.4 Å². The van der Waals surface area contributed by atoms with Crippen LogP contribution in [0.2, 0.25) is 0 Å². The van der Waals surface area contributed by atoms with Gasteiger partial charge in [0.15, 0.2) is 0 Å². The second-order valence-corrected chi connectivity index (χ2v) is 6.61. The van der Waals surface area contributed by atoms with Gasteiger partial charge in [0.2, 0.25) is 0 Å². The van der Waals surface area contributed by atoms with Crippen LogP contribution in [0.25, 0.3) is 0 Å². The van der Waals surface area contributed by atoms with Crippen LogP contribution in [0, 0.1) is 0 Å². The van der Waals surface area contributed by atoms with Crippen LogP contribution >= 0.6 is 11.3 Å². The Bertz CT molecular complexity index is 350. The molecule has 0 unspecified atom stereocenters. The Labute approximate surface area is 108 Å². The average molecular weight is 250 g/mol. The van der Waals surface area contributed by atoms with Crippen molar-refractivity contribution in [3.8, 4) is 0 Å². The van der Waals surface area contributed by atoms with Crippen molar-refractivity contribution in [3.63, 3.8) is 0 Å². The third kappa shape index (κ3) is 2.28. The van der Waals surface area contributed by atoms with E-state index in [1.165, 1.54) is 43.4 Å². The molecule has 2 fully saturated rings. The first-order chi connectivity index (χ1) is 8.34. The molecule has 3 heteroatoms. The summed E-state index contributed by atoms with van der Waals surface area (Å²) in [5, 5.41) is 2.18. The number of nitrogens with two attached hydrogens (primary N) is 1. The third-order valence-corrected chi connectivity index (χ3v) is 5.28. The maximum Gasteiger partial charge on any atom is 0.0338 e. The van der Waals surface area contributed by atoms with Crippen LogP contribution in [0.1, 0.15) is 43.4 Å². The first-order valence-electron chi connectivity index (χ1n) is 6.83. The molecule has 0 bridgehead atoms. The largest absolute Gasteiger partial charge is 0.329 e. The van der Waals surface area contributed by atoms with Gasteiger partial charge in [-0.05, 0) is 37.1 Å². The Morgan fingerprint density at radius 1 is 1.35 bits per heavy atom. The van der Waals surface area contributed by atoms with E-state index in [-0.39, 0.29) is 0 Å². The number of hydrogen-bond donors (Lipinski definition) is 1. The van der Waals surface area contributed by atoms with Gasteiger partial charge in [0.25, 0.3) is 0 Å². The molecule has 0 amide bonds. The molecule has 0 saturated heterocycles. The van der Waals surface area contributed by atoms with E-state index in [4.69, 9.17) is 5.73 Å². The van der Waals surface area contributed by atoms with Crippen molar-refractivity contribution in [2.75, 3.05) is 6.54 Å². The normalized spacial score (nSPS) is 23.4. The van der Waals surface area contributed by atoms with Gasteiger partial charge in [0.05, 0.1) is 0 Å². The molecule has 0 aliphatic heterocycles. The third-order valence-electron chi connectivity index (χ3n) is 4.42. The molecule has 0 spiro atoms. The van der Waals surface area contributed by atoms with Gasteiger partial charge in [-0.3, -0.25) is 4.90 Å². The zero-order valence-electron chi connectivity index (χ0n) is 10.4. The molecule has 0 radical (unpaired) electrons. The highest BCUT2D eigenvalue weighted by Gasteiger charge is 2.44. The lowest BCUT2D eigenvalue weighted by Crippen LogP contribution is -2.52. The highest BCUT2D eigenvalue weighted by molar-refractivity contribution is 7.09. The van der Waals surface area contributed by atoms with Crippen molar-refractivity contribution in [1.29, 1.82) is 0 Å². The van der Waals surface area contributed by atoms with Gasteiger partial charge in [-0.25, -0.2) is 0 Å². The molecular formula is C14H22N2S. The summed E-state index contributed by atoms with van der Waals surface area (Å²) in [6.45, 7) is 1.97. The molecule has 2 saturated carbocycles. The number of rotatable bonds is 5. The second-order valence-electron chi connectivity index (χ2n) is 5.57. The summed E-state index contributed by atoms with van der Waals surface area (Å²) in [5.74, 6) is 0. The van der Waals surface area contributed by atoms with E-state index in [0.717, 1.165) is 19.1 Å². The van der Waals surface area contributed by atoms with Crippen LogP contribution in [0.15, 0.2) is 17.5 Å². The lowest BCUT2D eigenvalue weighted by molar-refractivity contribution is 0.0824. The van der Waals surface area contributed by atoms with Crippen molar-refractivity contribution in [1.82, 2.24) is 4.90 Å². The Hall–Kier alpha value is -0.380. The van der Waals surface area contributed by atoms with E-state index in [1.807, 2.05) is 11.3 Å². The predicted molar refractivity (Wildman–Crippen MR) is 73.1 cm³/mol. The summed E-state index contributed by atoms with van der Waals surface area (Å²) < 4.78 is 0. The van der Waals surface area contributed by atoms with Crippen molar-refractivity contribution in [3.05, 3.63) is 22.4 Å². The topological polar surface area (TPSA) is 29.3 Å². The van der Waals surface area contributed by atoms with Gasteiger partial charge < -0.3 is 5.73 Å². The molecule has 3 rings (SSSR count). The van der Waals surface area contributed by atoms with Crippen LogP contribution in [-0.2, 0) is 6.54 Å². The summed E-state index contributed by atoms with van der Waals surface area (Å²) in [4.78, 5) is 4.24. The van der Waals surface area contributed by atoms with E-state index < -0.39 is 0 Å². The summed E-state index contributed by atoms with van der Waals surface area (Å²) in [5.41, 5.74) is 6.45. The van der Waals surface area contributed by atoms with E-state index in [9.17, 15) is 0 Å². The minimum absolute atomic E-state index is 0.325. The smallest absolute Gasteiger partial charge is 0.0338 e. The molecule has 0 atom stereocenters. The summed E-state index contributed by atoms with van der Waals surface area (Å²) in [6, 6.07) is 5.24. The molecule has 2 aliphatic carbocycles. The maximum atomic E-state index is 6.13. The van der Waals surface area contributed by atoms with Crippen LogP contribution in [0.4, 0.5) is 0 Å². The Morgan fingerprint density at radius 3 is 2.65 bits per heavy atom. The van der Waals surface area contributed by atoms with Crippen LogP contribution in [0.5, 0.6) is 0 Å². The van der Waals surface area contributed by atoms with Crippen LogP contribution < -0.4 is 5.73 Å². The van der Waals surface area contributed by atoms with E-state index in [0.29, 0.717) is 5.54 Å². The fourth-order valence-corrected chi connectivity index (χ4v) is 3.99. The molecule has 1 aromatic heterocycles. The van der Waals surface area contributed by atoms with Crippen molar-refractivity contribution in [2.45, 2.75) is 56.7 Å². The van der Waals surface area contributed by atoms with Crippen molar-refractivity contribution < 1.29 is 0 Å². The predicted octanol–water partition coefficient (Wildman–Crippen LogP) is 2.98. The first kappa shape index (κ1) is 11.7. The molecule has 1 heterocycles. The highest BCUT2D eigenvalue weighted by Crippen LogP contribution is 2.42. The molecule has 94 valence electrons. The van der Waals surface area contributed by atoms with Gasteiger partial charge in [-0.1, -0.05) is 18.9 Å². The number of thiophene rings is 1. The Kier molecular flexibility index (Phi) is 3.24. The minimum Gasteiger partial charge on any atom is -0.329 e. The second kappa shape index (κ2) is 4.71. The lowest BCUT2D eigenvalue weighted by Gasteiger charge is -2.41. The molecule has 17 heavy (non-hydrogen) atoms. The zero-order valence-corrected chi connectivity index (χ0v) is 11.2. The SMILES string of the molecule is NCC1(N(Cc2cccs2)C2CC2)CCCC1. The van der Waals surface area contributed by atoms with E-state index >= 15 is 0 Å². The van der Waals surface area contributed by atoms with Gasteiger partial charge in [-0.2, -0.15) is 0 Å². The maximum absolute atomic E-state index is 6.13. The Morgan fingerprint density at radius 2 is 2.12 bits per heavy atom. The molecule has 2 N–H and O–H groups in total. The molecule has 0 aromatic carbocycles. The minimum atomic E-state index is 0.325. The van der Waals surface area contributed by atoms with Crippen LogP contribution in [0.3, 0.4) is 0 Å². The molecule has 1 aromatic rings. The van der Waals surface area contributed by atoms with Crippen molar-refractivity contribution in [2.24, 2.45) is 5.73 Å². The van der Waals surface area contributed by atoms with Gasteiger partial charge >= 0.3 is 0 Å². The summed E-state index contributed by atoms with van der Waals surface area (Å²) >= 11 is 1.88. The number of nitrogens with zero attached hydrogens (tertiary/aromatic N) is 1. The Balaban J connectivity index is 1.79. The molecule has 2 aliphatic rings. The summed E-state index contributed by atoms with van der Waals surface area (Å²) in [6.07, 6.45) is 8.12. The fourth-order valence-electron chi connectivity index (χ4n) is 3.28. The first-order valence-corrected chi connectivity index (χ1v) is 7.71. The standard InChI is InChI=1S/C14H22N2S/c15-11-14(7-1-2-8-14)16(12-5-6-12)10-13-4-3-9-17-13/h3-4,9,12H,1-2,5-8,10-11,15H2. The molecular weight excluding hydrogens is 228 g/mol. The average Bonchev–Trinajstić information content (AvgIpc) is 2.88. The highest BCUT2D eigenvalue weighted by atomic mass is 32.1. The quantitative estimate of drug-likeness (QED) is 0.870. The van der Waals surface area contributed by atoms with Crippen molar-refractivity contribution >= 4 is 11.3 Å². The van der Waals surface area contributed by atoms with Gasteiger partial charge in [0, 0.05) is 29.5 Å². The number of hydrogen-bond acceptors (Lipinski definition) is 3.